The maximum Gasteiger partial charge on any atom is 0.471 e. The normalized spacial score (nSPS) is 17.8. The molecule has 2 aliphatic carbocycles. The van der Waals surface area contributed by atoms with E-state index in [1.165, 1.54) is 25.0 Å². The van der Waals surface area contributed by atoms with Crippen LogP contribution in [0.15, 0.2) is 42.5 Å². The van der Waals surface area contributed by atoms with Crippen molar-refractivity contribution in [2.75, 3.05) is 12.4 Å². The van der Waals surface area contributed by atoms with Gasteiger partial charge in [0.25, 0.3) is 0 Å². The number of halogens is 3. The fourth-order valence-electron chi connectivity index (χ4n) is 4.96. The number of alkyl halides is 3. The van der Waals surface area contributed by atoms with Crippen molar-refractivity contribution in [1.82, 2.24) is 0 Å². The number of carbonyl (C=O) groups excluding carboxylic acids is 1. The van der Waals surface area contributed by atoms with Gasteiger partial charge in [-0.3, -0.25) is 4.79 Å². The number of ether oxygens (including phenoxy) is 2. The molecule has 0 radical (unpaired) electrons. The van der Waals surface area contributed by atoms with Gasteiger partial charge in [0.2, 0.25) is 0 Å². The van der Waals surface area contributed by atoms with E-state index < -0.39 is 12.1 Å². The molecular weight excluding hydrogens is 455 g/mol. The van der Waals surface area contributed by atoms with Gasteiger partial charge in [-0.05, 0) is 74.4 Å². The SMILES string of the molecule is COc1ccc(C2(C#Cc3cccc(NC(=O)C(F)(F)F)c3)CCCCC2)cc1OC1CCCC1. The third kappa shape index (κ3) is 6.11. The highest BCUT2D eigenvalue weighted by molar-refractivity contribution is 5.95. The lowest BCUT2D eigenvalue weighted by Crippen LogP contribution is -2.29. The molecule has 4 rings (SSSR count). The fraction of sp³-hybridized carbons (Fsp3) is 0.464. The average molecular weight is 486 g/mol. The van der Waals surface area contributed by atoms with E-state index in [1.54, 1.807) is 19.2 Å². The Hall–Kier alpha value is -3.14. The monoisotopic (exact) mass is 485 g/mol. The number of hydrogen-bond acceptors (Lipinski definition) is 3. The first-order chi connectivity index (χ1) is 16.8. The number of anilines is 1. The number of hydrogen-bond donors (Lipinski definition) is 1. The molecule has 1 amide bonds. The topological polar surface area (TPSA) is 47.6 Å². The Kier molecular flexibility index (Phi) is 7.59. The van der Waals surface area contributed by atoms with E-state index in [-0.39, 0.29) is 17.2 Å². The van der Waals surface area contributed by atoms with E-state index in [2.05, 4.69) is 17.9 Å². The smallest absolute Gasteiger partial charge is 0.471 e. The summed E-state index contributed by atoms with van der Waals surface area (Å²) in [7, 11) is 1.64. The van der Waals surface area contributed by atoms with Crippen molar-refractivity contribution in [3.05, 3.63) is 53.6 Å². The van der Waals surface area contributed by atoms with Crippen LogP contribution in [-0.2, 0) is 10.2 Å². The van der Waals surface area contributed by atoms with Gasteiger partial charge in [0.15, 0.2) is 11.5 Å². The molecule has 4 nitrogen and oxygen atoms in total. The first-order valence-electron chi connectivity index (χ1n) is 12.2. The zero-order valence-electron chi connectivity index (χ0n) is 19.8. The molecule has 0 aliphatic heterocycles. The first-order valence-corrected chi connectivity index (χ1v) is 12.2. The third-order valence-corrected chi connectivity index (χ3v) is 6.84. The molecule has 2 aromatic rings. The lowest BCUT2D eigenvalue weighted by Gasteiger charge is -2.33. The van der Waals surface area contributed by atoms with Gasteiger partial charge < -0.3 is 14.8 Å². The summed E-state index contributed by atoms with van der Waals surface area (Å²) in [6.07, 6.45) is 4.68. The van der Waals surface area contributed by atoms with Gasteiger partial charge in [-0.15, -0.1) is 0 Å². The Balaban J connectivity index is 1.63. The first kappa shape index (κ1) is 25.0. The molecule has 0 saturated heterocycles. The highest BCUT2D eigenvalue weighted by Crippen LogP contribution is 2.43. The molecule has 2 fully saturated rings. The molecule has 0 atom stereocenters. The van der Waals surface area contributed by atoms with Crippen molar-refractivity contribution in [2.45, 2.75) is 75.5 Å². The van der Waals surface area contributed by atoms with Crippen molar-refractivity contribution in [1.29, 1.82) is 0 Å². The molecular formula is C28H30F3NO3. The molecule has 0 aromatic heterocycles. The molecule has 35 heavy (non-hydrogen) atoms. The van der Waals surface area contributed by atoms with Crippen molar-refractivity contribution in [3.63, 3.8) is 0 Å². The van der Waals surface area contributed by atoms with Crippen LogP contribution in [0.25, 0.3) is 0 Å². The van der Waals surface area contributed by atoms with Crippen LogP contribution in [0.5, 0.6) is 11.5 Å². The van der Waals surface area contributed by atoms with Crippen molar-refractivity contribution in [2.24, 2.45) is 0 Å². The molecule has 2 aliphatic rings. The molecule has 186 valence electrons. The molecule has 2 aromatic carbocycles. The summed E-state index contributed by atoms with van der Waals surface area (Å²) in [6, 6.07) is 12.2. The Morgan fingerprint density at radius 2 is 1.74 bits per heavy atom. The summed E-state index contributed by atoms with van der Waals surface area (Å²) < 4.78 is 49.7. The molecule has 0 spiro atoms. The highest BCUT2D eigenvalue weighted by Gasteiger charge is 2.38. The summed E-state index contributed by atoms with van der Waals surface area (Å²) in [5.74, 6) is 6.07. The van der Waals surface area contributed by atoms with Crippen LogP contribution >= 0.6 is 0 Å². The van der Waals surface area contributed by atoms with Gasteiger partial charge in [-0.1, -0.05) is 43.2 Å². The van der Waals surface area contributed by atoms with Crippen LogP contribution < -0.4 is 14.8 Å². The van der Waals surface area contributed by atoms with Gasteiger partial charge in [-0.2, -0.15) is 13.2 Å². The Morgan fingerprint density at radius 3 is 2.43 bits per heavy atom. The maximum absolute atomic E-state index is 12.6. The van der Waals surface area contributed by atoms with Crippen molar-refractivity contribution < 1.29 is 27.4 Å². The minimum atomic E-state index is -4.94. The lowest BCUT2D eigenvalue weighted by atomic mass is 9.70. The van der Waals surface area contributed by atoms with E-state index in [1.807, 2.05) is 17.4 Å². The Labute approximate surface area is 204 Å². The summed E-state index contributed by atoms with van der Waals surface area (Å²) in [5, 5.41) is 1.89. The molecule has 2 saturated carbocycles. The quantitative estimate of drug-likeness (QED) is 0.476. The second kappa shape index (κ2) is 10.6. The summed E-state index contributed by atoms with van der Waals surface area (Å²) >= 11 is 0. The largest absolute Gasteiger partial charge is 0.493 e. The van der Waals surface area contributed by atoms with Crippen LogP contribution in [0.1, 0.15) is 68.9 Å². The van der Waals surface area contributed by atoms with E-state index in [0.717, 1.165) is 56.3 Å². The summed E-state index contributed by atoms with van der Waals surface area (Å²) in [5.41, 5.74) is 1.29. The minimum absolute atomic E-state index is 0.0634. The van der Waals surface area contributed by atoms with E-state index in [9.17, 15) is 18.0 Å². The molecule has 7 heteroatoms. The second-order valence-corrected chi connectivity index (χ2v) is 9.32. The number of carbonyl (C=O) groups is 1. The maximum atomic E-state index is 12.6. The van der Waals surface area contributed by atoms with E-state index in [4.69, 9.17) is 9.47 Å². The Morgan fingerprint density at radius 1 is 1.00 bits per heavy atom. The third-order valence-electron chi connectivity index (χ3n) is 6.84. The van der Waals surface area contributed by atoms with Gasteiger partial charge in [0.05, 0.1) is 18.6 Å². The molecule has 0 unspecified atom stereocenters. The number of benzene rings is 2. The summed E-state index contributed by atoms with van der Waals surface area (Å²) in [4.78, 5) is 11.3. The van der Waals surface area contributed by atoms with Crippen LogP contribution in [0, 0.1) is 11.8 Å². The molecule has 0 bridgehead atoms. The van der Waals surface area contributed by atoms with Gasteiger partial charge in [0.1, 0.15) is 0 Å². The van der Waals surface area contributed by atoms with Crippen molar-refractivity contribution >= 4 is 11.6 Å². The predicted molar refractivity (Wildman–Crippen MR) is 129 cm³/mol. The standard InChI is InChI=1S/C28H30F3NO3/c1-34-24-13-12-21(19-25(24)35-23-10-3-4-11-23)27(15-5-2-6-16-27)17-14-20-8-7-9-22(18-20)32-26(33)28(29,30)31/h7-9,12-13,18-19,23H,2-6,10-11,15-16H2,1H3,(H,32,33). The van der Waals surface area contributed by atoms with Crippen molar-refractivity contribution in [3.8, 4) is 23.3 Å². The molecule has 0 heterocycles. The van der Waals surface area contributed by atoms with E-state index >= 15 is 0 Å². The summed E-state index contributed by atoms with van der Waals surface area (Å²) in [6.45, 7) is 0. The fourth-order valence-corrected chi connectivity index (χ4v) is 4.96. The van der Waals surface area contributed by atoms with Crippen LogP contribution in [-0.4, -0.2) is 25.3 Å². The van der Waals surface area contributed by atoms with Crippen LogP contribution in [0.3, 0.4) is 0 Å². The van der Waals surface area contributed by atoms with Crippen LogP contribution in [0.4, 0.5) is 18.9 Å². The predicted octanol–water partition coefficient (Wildman–Crippen LogP) is 6.77. The number of rotatable bonds is 5. The second-order valence-electron chi connectivity index (χ2n) is 9.32. The van der Waals surface area contributed by atoms with Gasteiger partial charge >= 0.3 is 12.1 Å². The lowest BCUT2D eigenvalue weighted by molar-refractivity contribution is -0.167. The Bertz CT molecular complexity index is 1100. The number of methoxy groups -OCH3 is 1. The van der Waals surface area contributed by atoms with Gasteiger partial charge in [0, 0.05) is 11.3 Å². The molecule has 1 N–H and O–H groups in total. The highest BCUT2D eigenvalue weighted by atomic mass is 19.4. The zero-order chi connectivity index (χ0) is 24.9. The zero-order valence-corrected chi connectivity index (χ0v) is 19.8. The van der Waals surface area contributed by atoms with E-state index in [0.29, 0.717) is 11.3 Å². The minimum Gasteiger partial charge on any atom is -0.493 e. The average Bonchev–Trinajstić information content (AvgIpc) is 3.36. The van der Waals surface area contributed by atoms with Crippen LogP contribution in [0.2, 0.25) is 0 Å². The number of nitrogens with one attached hydrogen (secondary N) is 1. The number of amides is 1. The van der Waals surface area contributed by atoms with Gasteiger partial charge in [-0.25, -0.2) is 0 Å².